The SMILES string of the molecule is Nc1ccc(Oc2ccc3ccnn3c2)c(Cl)c1. The molecule has 2 aromatic heterocycles. The van der Waals surface area contributed by atoms with E-state index in [4.69, 9.17) is 22.1 Å². The van der Waals surface area contributed by atoms with E-state index >= 15 is 0 Å². The number of benzene rings is 1. The Morgan fingerprint density at radius 3 is 2.89 bits per heavy atom. The van der Waals surface area contributed by atoms with Crippen LogP contribution in [0.4, 0.5) is 5.69 Å². The number of anilines is 1. The summed E-state index contributed by atoms with van der Waals surface area (Å²) < 4.78 is 7.43. The zero-order valence-electron chi connectivity index (χ0n) is 9.38. The molecule has 90 valence electrons. The zero-order chi connectivity index (χ0) is 12.5. The summed E-state index contributed by atoms with van der Waals surface area (Å²) in [5, 5.41) is 4.62. The number of hydrogen-bond acceptors (Lipinski definition) is 3. The number of halogens is 1. The van der Waals surface area contributed by atoms with Crippen LogP contribution in [0.1, 0.15) is 0 Å². The Bertz CT molecular complexity index is 708. The lowest BCUT2D eigenvalue weighted by molar-refractivity contribution is 0.479. The van der Waals surface area contributed by atoms with Crippen LogP contribution in [-0.2, 0) is 0 Å². The Hall–Kier alpha value is -2.20. The number of aromatic nitrogens is 2. The summed E-state index contributed by atoms with van der Waals surface area (Å²) >= 11 is 6.05. The molecule has 0 aliphatic rings. The highest BCUT2D eigenvalue weighted by molar-refractivity contribution is 6.32. The molecular formula is C13H10ClN3O. The van der Waals surface area contributed by atoms with E-state index in [1.165, 1.54) is 0 Å². The third-order valence-electron chi connectivity index (χ3n) is 2.55. The number of rotatable bonds is 2. The second-order valence-electron chi connectivity index (χ2n) is 3.86. The van der Waals surface area contributed by atoms with Crippen molar-refractivity contribution in [2.75, 3.05) is 5.73 Å². The fraction of sp³-hybridized carbons (Fsp3) is 0. The Morgan fingerprint density at radius 1 is 1.17 bits per heavy atom. The minimum absolute atomic E-state index is 0.482. The third-order valence-corrected chi connectivity index (χ3v) is 2.85. The molecule has 0 amide bonds. The van der Waals surface area contributed by atoms with E-state index in [2.05, 4.69) is 5.10 Å². The van der Waals surface area contributed by atoms with E-state index in [0.717, 1.165) is 5.52 Å². The number of ether oxygens (including phenoxy) is 1. The van der Waals surface area contributed by atoms with Gasteiger partial charge in [-0.2, -0.15) is 5.10 Å². The minimum Gasteiger partial charge on any atom is -0.454 e. The van der Waals surface area contributed by atoms with Gasteiger partial charge in [-0.3, -0.25) is 0 Å². The van der Waals surface area contributed by atoms with Gasteiger partial charge in [0.1, 0.15) is 11.5 Å². The largest absolute Gasteiger partial charge is 0.454 e. The van der Waals surface area contributed by atoms with Crippen LogP contribution in [0.3, 0.4) is 0 Å². The lowest BCUT2D eigenvalue weighted by Gasteiger charge is -2.08. The maximum Gasteiger partial charge on any atom is 0.146 e. The van der Waals surface area contributed by atoms with Gasteiger partial charge in [0.05, 0.1) is 16.7 Å². The molecular weight excluding hydrogens is 250 g/mol. The summed E-state index contributed by atoms with van der Waals surface area (Å²) in [6.45, 7) is 0. The molecule has 0 atom stereocenters. The topological polar surface area (TPSA) is 52.5 Å². The molecule has 0 bridgehead atoms. The Labute approximate surface area is 109 Å². The van der Waals surface area contributed by atoms with Crippen molar-refractivity contribution in [2.45, 2.75) is 0 Å². The fourth-order valence-corrected chi connectivity index (χ4v) is 1.91. The third kappa shape index (κ3) is 1.98. The van der Waals surface area contributed by atoms with E-state index in [1.807, 2.05) is 18.2 Å². The standard InChI is InChI=1S/C13H10ClN3O/c14-12-7-9(15)1-4-13(12)18-11-3-2-10-5-6-16-17(10)8-11/h1-8H,15H2. The van der Waals surface area contributed by atoms with Crippen molar-refractivity contribution in [1.82, 2.24) is 9.61 Å². The summed E-state index contributed by atoms with van der Waals surface area (Å²) in [6, 6.07) is 10.8. The molecule has 0 radical (unpaired) electrons. The Kier molecular flexibility index (Phi) is 2.57. The molecule has 2 heterocycles. The minimum atomic E-state index is 0.482. The number of fused-ring (bicyclic) bond motifs is 1. The van der Waals surface area contributed by atoms with Gasteiger partial charge in [0, 0.05) is 11.9 Å². The first-order valence-electron chi connectivity index (χ1n) is 5.39. The van der Waals surface area contributed by atoms with E-state index in [9.17, 15) is 0 Å². The second-order valence-corrected chi connectivity index (χ2v) is 4.26. The zero-order valence-corrected chi connectivity index (χ0v) is 10.1. The van der Waals surface area contributed by atoms with E-state index in [0.29, 0.717) is 22.2 Å². The number of hydrogen-bond donors (Lipinski definition) is 1. The maximum absolute atomic E-state index is 6.05. The summed E-state index contributed by atoms with van der Waals surface area (Å²) in [7, 11) is 0. The maximum atomic E-state index is 6.05. The highest BCUT2D eigenvalue weighted by atomic mass is 35.5. The fourth-order valence-electron chi connectivity index (χ4n) is 1.68. The molecule has 0 fully saturated rings. The van der Waals surface area contributed by atoms with Crippen LogP contribution >= 0.6 is 11.6 Å². The van der Waals surface area contributed by atoms with E-state index in [-0.39, 0.29) is 0 Å². The average Bonchev–Trinajstić information content (AvgIpc) is 2.80. The summed E-state index contributed by atoms with van der Waals surface area (Å²) in [5.74, 6) is 1.23. The summed E-state index contributed by atoms with van der Waals surface area (Å²) in [4.78, 5) is 0. The average molecular weight is 260 g/mol. The van der Waals surface area contributed by atoms with Crippen LogP contribution in [-0.4, -0.2) is 9.61 Å². The lowest BCUT2D eigenvalue weighted by Crippen LogP contribution is -1.91. The van der Waals surface area contributed by atoms with Crippen LogP contribution in [0.25, 0.3) is 5.52 Å². The van der Waals surface area contributed by atoms with Gasteiger partial charge in [0.25, 0.3) is 0 Å². The molecule has 5 heteroatoms. The van der Waals surface area contributed by atoms with E-state index < -0.39 is 0 Å². The summed E-state index contributed by atoms with van der Waals surface area (Å²) in [5.41, 5.74) is 7.24. The number of pyridine rings is 1. The van der Waals surface area contributed by atoms with Crippen molar-refractivity contribution in [3.8, 4) is 11.5 Å². The van der Waals surface area contributed by atoms with Gasteiger partial charge >= 0.3 is 0 Å². The first-order valence-corrected chi connectivity index (χ1v) is 5.76. The number of nitrogens with two attached hydrogens (primary N) is 1. The molecule has 0 saturated heterocycles. The monoisotopic (exact) mass is 259 g/mol. The molecule has 4 nitrogen and oxygen atoms in total. The van der Waals surface area contributed by atoms with Gasteiger partial charge in [-0.05, 0) is 36.4 Å². The first-order chi connectivity index (χ1) is 8.72. The molecule has 0 unspecified atom stereocenters. The molecule has 3 rings (SSSR count). The number of nitrogen functional groups attached to an aromatic ring is 1. The highest BCUT2D eigenvalue weighted by Gasteiger charge is 2.04. The van der Waals surface area contributed by atoms with Gasteiger partial charge in [-0.25, -0.2) is 4.52 Å². The first kappa shape index (κ1) is 10.9. The van der Waals surface area contributed by atoms with Crippen molar-refractivity contribution in [3.05, 3.63) is 53.8 Å². The van der Waals surface area contributed by atoms with E-state index in [1.54, 1.807) is 35.1 Å². The van der Waals surface area contributed by atoms with Crippen molar-refractivity contribution in [2.24, 2.45) is 0 Å². The normalized spacial score (nSPS) is 10.7. The van der Waals surface area contributed by atoms with Gasteiger partial charge < -0.3 is 10.5 Å². The van der Waals surface area contributed by atoms with Crippen LogP contribution in [0, 0.1) is 0 Å². The van der Waals surface area contributed by atoms with Gasteiger partial charge in [0.15, 0.2) is 0 Å². The van der Waals surface area contributed by atoms with Crippen LogP contribution in [0.2, 0.25) is 5.02 Å². The molecule has 3 aromatic rings. The van der Waals surface area contributed by atoms with Crippen LogP contribution in [0.5, 0.6) is 11.5 Å². The smallest absolute Gasteiger partial charge is 0.146 e. The lowest BCUT2D eigenvalue weighted by atomic mass is 10.3. The van der Waals surface area contributed by atoms with Crippen molar-refractivity contribution in [3.63, 3.8) is 0 Å². The highest BCUT2D eigenvalue weighted by Crippen LogP contribution is 2.30. The molecule has 1 aromatic carbocycles. The van der Waals surface area contributed by atoms with Gasteiger partial charge in [-0.15, -0.1) is 0 Å². The summed E-state index contributed by atoms with van der Waals surface area (Å²) in [6.07, 6.45) is 3.53. The Balaban J connectivity index is 1.95. The molecule has 18 heavy (non-hydrogen) atoms. The Morgan fingerprint density at radius 2 is 2.06 bits per heavy atom. The number of nitrogens with zero attached hydrogens (tertiary/aromatic N) is 2. The predicted octanol–water partition coefficient (Wildman–Crippen LogP) is 3.36. The predicted molar refractivity (Wildman–Crippen MR) is 71.1 cm³/mol. The van der Waals surface area contributed by atoms with Gasteiger partial charge in [-0.1, -0.05) is 11.6 Å². The van der Waals surface area contributed by atoms with Crippen molar-refractivity contribution in [1.29, 1.82) is 0 Å². The van der Waals surface area contributed by atoms with Crippen LogP contribution in [0.15, 0.2) is 48.8 Å². The molecule has 0 saturated carbocycles. The van der Waals surface area contributed by atoms with Crippen molar-refractivity contribution < 1.29 is 4.74 Å². The molecule has 0 spiro atoms. The van der Waals surface area contributed by atoms with Crippen molar-refractivity contribution >= 4 is 22.8 Å². The second kappa shape index (κ2) is 4.23. The molecule has 0 aliphatic carbocycles. The molecule has 0 aliphatic heterocycles. The quantitative estimate of drug-likeness (QED) is 0.718. The van der Waals surface area contributed by atoms with Crippen LogP contribution < -0.4 is 10.5 Å². The van der Waals surface area contributed by atoms with Gasteiger partial charge in [0.2, 0.25) is 0 Å². The molecule has 2 N–H and O–H groups in total.